The summed E-state index contributed by atoms with van der Waals surface area (Å²) in [4.78, 5) is 12.2. The van der Waals surface area contributed by atoms with Gasteiger partial charge < -0.3 is 10.1 Å². The highest BCUT2D eigenvalue weighted by molar-refractivity contribution is 9.10. The molecule has 3 nitrogen and oxygen atoms in total. The predicted octanol–water partition coefficient (Wildman–Crippen LogP) is 4.80. The van der Waals surface area contributed by atoms with Gasteiger partial charge in [0.2, 0.25) is 0 Å². The van der Waals surface area contributed by atoms with E-state index in [0.717, 1.165) is 27.9 Å². The maximum Gasteiger partial charge on any atom is 0.256 e. The van der Waals surface area contributed by atoms with E-state index in [9.17, 15) is 4.79 Å². The molecule has 2 aromatic carbocycles. The largest absolute Gasteiger partial charge is 0.494 e. The molecule has 0 aromatic heterocycles. The van der Waals surface area contributed by atoms with E-state index in [1.165, 1.54) is 0 Å². The number of benzene rings is 2. The van der Waals surface area contributed by atoms with E-state index >= 15 is 0 Å². The molecule has 0 aliphatic carbocycles. The summed E-state index contributed by atoms with van der Waals surface area (Å²) in [5.41, 5.74) is 2.47. The van der Waals surface area contributed by atoms with Gasteiger partial charge in [0.15, 0.2) is 0 Å². The van der Waals surface area contributed by atoms with Gasteiger partial charge in [0.25, 0.3) is 5.91 Å². The highest BCUT2D eigenvalue weighted by atomic mass is 79.9. The summed E-state index contributed by atoms with van der Waals surface area (Å²) < 4.78 is 6.31. The third-order valence-corrected chi connectivity index (χ3v) is 3.61. The van der Waals surface area contributed by atoms with E-state index < -0.39 is 0 Å². The van der Waals surface area contributed by atoms with E-state index in [1.807, 2.05) is 49.4 Å². The van der Waals surface area contributed by atoms with E-state index in [1.54, 1.807) is 0 Å². The van der Waals surface area contributed by atoms with E-state index in [-0.39, 0.29) is 5.91 Å². The SMILES string of the molecule is CCCOc1ccc(NC(=O)c2ccc(C)cc2Br)cc1. The molecule has 0 atom stereocenters. The molecule has 1 amide bonds. The Morgan fingerprint density at radius 1 is 1.19 bits per heavy atom. The van der Waals surface area contributed by atoms with Crippen LogP contribution in [-0.4, -0.2) is 12.5 Å². The van der Waals surface area contributed by atoms with Gasteiger partial charge in [-0.25, -0.2) is 0 Å². The quantitative estimate of drug-likeness (QED) is 0.843. The van der Waals surface area contributed by atoms with E-state index in [2.05, 4.69) is 28.2 Å². The third-order valence-electron chi connectivity index (χ3n) is 2.95. The summed E-state index contributed by atoms with van der Waals surface area (Å²) in [6.07, 6.45) is 0.972. The third kappa shape index (κ3) is 4.33. The van der Waals surface area contributed by atoms with Crippen LogP contribution in [0.25, 0.3) is 0 Å². The van der Waals surface area contributed by atoms with E-state index in [0.29, 0.717) is 12.2 Å². The van der Waals surface area contributed by atoms with E-state index in [4.69, 9.17) is 4.74 Å². The standard InChI is InChI=1S/C17H18BrNO2/c1-3-10-21-14-7-5-13(6-8-14)19-17(20)15-9-4-12(2)11-16(15)18/h4-9,11H,3,10H2,1-2H3,(H,19,20). The molecule has 0 saturated heterocycles. The number of hydrogen-bond acceptors (Lipinski definition) is 2. The molecule has 0 saturated carbocycles. The van der Waals surface area contributed by atoms with Crippen LogP contribution >= 0.6 is 15.9 Å². The molecular weight excluding hydrogens is 330 g/mol. The van der Waals surface area contributed by atoms with Crippen molar-refractivity contribution in [2.45, 2.75) is 20.3 Å². The van der Waals surface area contributed by atoms with Crippen molar-refractivity contribution in [3.63, 3.8) is 0 Å². The molecule has 0 aliphatic heterocycles. The lowest BCUT2D eigenvalue weighted by Crippen LogP contribution is -2.12. The molecule has 0 spiro atoms. The monoisotopic (exact) mass is 347 g/mol. The van der Waals surface area contributed by atoms with Crippen molar-refractivity contribution in [1.29, 1.82) is 0 Å². The van der Waals surface area contributed by atoms with Gasteiger partial charge >= 0.3 is 0 Å². The fraction of sp³-hybridized carbons (Fsp3) is 0.235. The molecule has 21 heavy (non-hydrogen) atoms. The maximum atomic E-state index is 12.2. The Morgan fingerprint density at radius 3 is 2.52 bits per heavy atom. The Bertz CT molecular complexity index is 623. The second-order valence-electron chi connectivity index (χ2n) is 4.81. The van der Waals surface area contributed by atoms with Gasteiger partial charge in [-0.05, 0) is 71.2 Å². The average Bonchev–Trinajstić information content (AvgIpc) is 2.46. The summed E-state index contributed by atoms with van der Waals surface area (Å²) in [6.45, 7) is 4.75. The van der Waals surface area contributed by atoms with Gasteiger partial charge in [0, 0.05) is 10.2 Å². The fourth-order valence-corrected chi connectivity index (χ4v) is 2.53. The molecule has 2 rings (SSSR count). The number of aryl methyl sites for hydroxylation is 1. The number of anilines is 1. The van der Waals surface area contributed by atoms with Crippen molar-refractivity contribution in [3.05, 3.63) is 58.1 Å². The maximum absolute atomic E-state index is 12.2. The van der Waals surface area contributed by atoms with Crippen LogP contribution in [0.15, 0.2) is 46.9 Å². The minimum atomic E-state index is -0.135. The topological polar surface area (TPSA) is 38.3 Å². The highest BCUT2D eigenvalue weighted by Crippen LogP contribution is 2.21. The molecule has 4 heteroatoms. The van der Waals surface area contributed by atoms with Crippen LogP contribution in [0, 0.1) is 6.92 Å². The first-order chi connectivity index (χ1) is 10.1. The zero-order valence-electron chi connectivity index (χ0n) is 12.2. The van der Waals surface area contributed by atoms with Crippen molar-refractivity contribution < 1.29 is 9.53 Å². The van der Waals surface area contributed by atoms with Crippen molar-refractivity contribution in [1.82, 2.24) is 0 Å². The molecule has 0 fully saturated rings. The number of hydrogen-bond donors (Lipinski definition) is 1. The van der Waals surface area contributed by atoms with Crippen LogP contribution in [0.5, 0.6) is 5.75 Å². The number of nitrogens with one attached hydrogen (secondary N) is 1. The van der Waals surface area contributed by atoms with Crippen LogP contribution in [0.1, 0.15) is 29.3 Å². The Hall–Kier alpha value is -1.81. The number of carbonyl (C=O) groups is 1. The van der Waals surface area contributed by atoms with Gasteiger partial charge in [-0.1, -0.05) is 13.0 Å². The number of rotatable bonds is 5. The summed E-state index contributed by atoms with van der Waals surface area (Å²) in [6, 6.07) is 13.0. The minimum Gasteiger partial charge on any atom is -0.494 e. The van der Waals surface area contributed by atoms with Crippen LogP contribution in [0.3, 0.4) is 0 Å². The van der Waals surface area contributed by atoms with Gasteiger partial charge in [-0.3, -0.25) is 4.79 Å². The molecule has 0 aliphatic rings. The van der Waals surface area contributed by atoms with Crippen molar-refractivity contribution in [2.75, 3.05) is 11.9 Å². The lowest BCUT2D eigenvalue weighted by atomic mass is 10.1. The Balaban J connectivity index is 2.05. The lowest BCUT2D eigenvalue weighted by Gasteiger charge is -2.09. The van der Waals surface area contributed by atoms with Gasteiger partial charge in [-0.2, -0.15) is 0 Å². The first-order valence-electron chi connectivity index (χ1n) is 6.90. The summed E-state index contributed by atoms with van der Waals surface area (Å²) >= 11 is 3.42. The highest BCUT2D eigenvalue weighted by Gasteiger charge is 2.10. The summed E-state index contributed by atoms with van der Waals surface area (Å²) in [7, 11) is 0. The first kappa shape index (κ1) is 15.6. The molecule has 0 unspecified atom stereocenters. The number of carbonyl (C=O) groups excluding carboxylic acids is 1. The molecule has 0 heterocycles. The van der Waals surface area contributed by atoms with Crippen molar-refractivity contribution in [2.24, 2.45) is 0 Å². The van der Waals surface area contributed by atoms with Crippen molar-refractivity contribution >= 4 is 27.5 Å². The molecule has 110 valence electrons. The van der Waals surface area contributed by atoms with Crippen LogP contribution in [-0.2, 0) is 0 Å². The van der Waals surface area contributed by atoms with Gasteiger partial charge in [0.1, 0.15) is 5.75 Å². The average molecular weight is 348 g/mol. The molecule has 1 N–H and O–H groups in total. The number of amides is 1. The smallest absolute Gasteiger partial charge is 0.256 e. The second kappa shape index (κ2) is 7.27. The number of halogens is 1. The Kier molecular flexibility index (Phi) is 5.39. The van der Waals surface area contributed by atoms with Crippen LogP contribution < -0.4 is 10.1 Å². The normalized spacial score (nSPS) is 10.2. The first-order valence-corrected chi connectivity index (χ1v) is 7.70. The summed E-state index contributed by atoms with van der Waals surface area (Å²) in [5.74, 6) is 0.676. The van der Waals surface area contributed by atoms with Gasteiger partial charge in [0.05, 0.1) is 12.2 Å². The lowest BCUT2D eigenvalue weighted by molar-refractivity contribution is 0.102. The zero-order chi connectivity index (χ0) is 15.2. The Morgan fingerprint density at radius 2 is 1.90 bits per heavy atom. The second-order valence-corrected chi connectivity index (χ2v) is 5.66. The molecule has 2 aromatic rings. The van der Waals surface area contributed by atoms with Crippen LogP contribution in [0.4, 0.5) is 5.69 Å². The molecular formula is C17H18BrNO2. The van der Waals surface area contributed by atoms with Crippen LogP contribution in [0.2, 0.25) is 0 Å². The van der Waals surface area contributed by atoms with Gasteiger partial charge in [-0.15, -0.1) is 0 Å². The number of ether oxygens (including phenoxy) is 1. The minimum absolute atomic E-state index is 0.135. The molecule has 0 bridgehead atoms. The predicted molar refractivity (Wildman–Crippen MR) is 89.1 cm³/mol. The summed E-state index contributed by atoms with van der Waals surface area (Å²) in [5, 5.41) is 2.88. The molecule has 0 radical (unpaired) electrons. The fourth-order valence-electron chi connectivity index (χ4n) is 1.86. The Labute approximate surface area is 133 Å². The zero-order valence-corrected chi connectivity index (χ0v) is 13.7. The van der Waals surface area contributed by atoms with Crippen molar-refractivity contribution in [3.8, 4) is 5.75 Å².